The van der Waals surface area contributed by atoms with Crippen LogP contribution in [0, 0.1) is 17.2 Å². The number of anilines is 1. The summed E-state index contributed by atoms with van der Waals surface area (Å²) in [4.78, 5) is 20.3. The normalized spacial score (nSPS) is 27.8. The largest absolute Gasteiger partial charge is 0.325 e. The molecular formula is C28H34N4O. The molecule has 1 aliphatic heterocycles. The quantitative estimate of drug-likeness (QED) is 0.625. The summed E-state index contributed by atoms with van der Waals surface area (Å²) in [6.07, 6.45) is 7.86. The van der Waals surface area contributed by atoms with Crippen LogP contribution in [0.3, 0.4) is 0 Å². The van der Waals surface area contributed by atoms with Gasteiger partial charge in [0.15, 0.2) is 0 Å². The highest BCUT2D eigenvalue weighted by Gasteiger charge is 2.55. The molecule has 0 atom stereocenters. The molecule has 0 radical (unpaired) electrons. The zero-order valence-corrected chi connectivity index (χ0v) is 19.8. The predicted octanol–water partition coefficient (Wildman–Crippen LogP) is 5.37. The average molecular weight is 443 g/mol. The second-order valence-electron chi connectivity index (χ2n) is 10.5. The lowest BCUT2D eigenvalue weighted by molar-refractivity contribution is 0.0172. The lowest BCUT2D eigenvalue weighted by Crippen LogP contribution is -2.56. The van der Waals surface area contributed by atoms with Gasteiger partial charge in [0.25, 0.3) is 0 Å². The standard InChI is InChI=1S/C28H34N4O/c1-30(2)28(24-9-4-3-5-10-24)17-15-27(16-18-28)21-31(25-13-11-22(19-29)12-14-25)26(33)32(27)20-23-7-6-8-23/h3-5,9-14,23H,6-8,15-18,20-21H2,1-2H3/t27-,28+. The molecule has 2 aromatic carbocycles. The molecule has 0 aromatic heterocycles. The van der Waals surface area contributed by atoms with E-state index in [1.807, 2.05) is 29.2 Å². The van der Waals surface area contributed by atoms with Gasteiger partial charge in [0.2, 0.25) is 0 Å². The first-order valence-electron chi connectivity index (χ1n) is 12.3. The summed E-state index contributed by atoms with van der Waals surface area (Å²) in [5.74, 6) is 0.640. The van der Waals surface area contributed by atoms with E-state index in [2.05, 4.69) is 60.3 Å². The van der Waals surface area contributed by atoms with Crippen molar-refractivity contribution in [3.63, 3.8) is 0 Å². The number of amides is 2. The van der Waals surface area contributed by atoms with Crippen molar-refractivity contribution >= 4 is 11.7 Å². The summed E-state index contributed by atoms with van der Waals surface area (Å²) in [6, 6.07) is 20.7. The van der Waals surface area contributed by atoms with Gasteiger partial charge in [0, 0.05) is 17.8 Å². The molecule has 172 valence electrons. The van der Waals surface area contributed by atoms with Crippen molar-refractivity contribution in [2.75, 3.05) is 32.1 Å². The van der Waals surface area contributed by atoms with Gasteiger partial charge in [-0.2, -0.15) is 5.26 Å². The molecule has 1 spiro atoms. The fourth-order valence-corrected chi connectivity index (χ4v) is 6.22. The number of rotatable bonds is 5. The van der Waals surface area contributed by atoms with Gasteiger partial charge in [-0.05, 0) is 88.4 Å². The molecular weight excluding hydrogens is 408 g/mol. The van der Waals surface area contributed by atoms with Crippen LogP contribution in [0.4, 0.5) is 10.5 Å². The zero-order chi connectivity index (χ0) is 23.1. The summed E-state index contributed by atoms with van der Waals surface area (Å²) in [7, 11) is 4.39. The Balaban J connectivity index is 1.44. The van der Waals surface area contributed by atoms with Crippen LogP contribution in [-0.4, -0.2) is 48.6 Å². The van der Waals surface area contributed by atoms with Crippen LogP contribution in [0.25, 0.3) is 0 Å². The van der Waals surface area contributed by atoms with Gasteiger partial charge in [-0.15, -0.1) is 0 Å². The first kappa shape index (κ1) is 22.0. The van der Waals surface area contributed by atoms with Crippen molar-refractivity contribution < 1.29 is 4.79 Å². The fourth-order valence-electron chi connectivity index (χ4n) is 6.22. The molecule has 2 aliphatic carbocycles. The number of hydrogen-bond donors (Lipinski definition) is 0. The van der Waals surface area contributed by atoms with Crippen LogP contribution in [0.5, 0.6) is 0 Å². The number of benzene rings is 2. The summed E-state index contributed by atoms with van der Waals surface area (Å²) in [5.41, 5.74) is 2.81. The maximum atomic E-state index is 13.8. The van der Waals surface area contributed by atoms with E-state index in [0.29, 0.717) is 11.5 Å². The SMILES string of the molecule is CN(C)[C@]1(c2ccccc2)CC[C@]2(CC1)CN(c1ccc(C#N)cc1)C(=O)N2CC1CCC1. The number of nitriles is 1. The van der Waals surface area contributed by atoms with Crippen LogP contribution in [0.15, 0.2) is 54.6 Å². The third-order valence-corrected chi connectivity index (χ3v) is 8.64. The van der Waals surface area contributed by atoms with Crippen LogP contribution >= 0.6 is 0 Å². The van der Waals surface area contributed by atoms with Crippen molar-refractivity contribution in [2.45, 2.75) is 56.0 Å². The molecule has 5 rings (SSSR count). The summed E-state index contributed by atoms with van der Waals surface area (Å²) >= 11 is 0. The first-order valence-corrected chi connectivity index (χ1v) is 12.3. The van der Waals surface area contributed by atoms with E-state index in [9.17, 15) is 4.79 Å². The van der Waals surface area contributed by atoms with Crippen molar-refractivity contribution in [3.05, 3.63) is 65.7 Å². The maximum absolute atomic E-state index is 13.8. The van der Waals surface area contributed by atoms with Crippen molar-refractivity contribution in [1.82, 2.24) is 9.80 Å². The Morgan fingerprint density at radius 1 is 1.00 bits per heavy atom. The number of nitrogens with zero attached hydrogens (tertiary/aromatic N) is 4. The molecule has 5 nitrogen and oxygen atoms in total. The minimum Gasteiger partial charge on any atom is -0.317 e. The van der Waals surface area contributed by atoms with Gasteiger partial charge in [-0.3, -0.25) is 9.80 Å². The van der Waals surface area contributed by atoms with E-state index in [4.69, 9.17) is 5.26 Å². The van der Waals surface area contributed by atoms with E-state index in [-0.39, 0.29) is 17.1 Å². The highest BCUT2D eigenvalue weighted by atomic mass is 16.2. The number of carbonyl (C=O) groups is 1. The lowest BCUT2D eigenvalue weighted by atomic mass is 9.68. The first-order chi connectivity index (χ1) is 16.0. The van der Waals surface area contributed by atoms with Crippen molar-refractivity contribution in [1.29, 1.82) is 5.26 Å². The monoisotopic (exact) mass is 442 g/mol. The van der Waals surface area contributed by atoms with Gasteiger partial charge in [-0.1, -0.05) is 36.8 Å². The van der Waals surface area contributed by atoms with Crippen LogP contribution in [-0.2, 0) is 5.54 Å². The Hall–Kier alpha value is -2.84. The minimum atomic E-state index is -0.116. The van der Waals surface area contributed by atoms with Crippen LogP contribution in [0.1, 0.15) is 56.1 Å². The molecule has 33 heavy (non-hydrogen) atoms. The summed E-state index contributed by atoms with van der Waals surface area (Å²) in [5, 5.41) is 9.16. The Bertz CT molecular complexity index is 1030. The highest BCUT2D eigenvalue weighted by Crippen LogP contribution is 2.50. The Morgan fingerprint density at radius 3 is 2.21 bits per heavy atom. The Kier molecular flexibility index (Phi) is 5.66. The van der Waals surface area contributed by atoms with Gasteiger partial charge >= 0.3 is 6.03 Å². The summed E-state index contributed by atoms with van der Waals surface area (Å²) in [6.45, 7) is 1.62. The Labute approximate surface area is 197 Å². The number of carbonyl (C=O) groups excluding carboxylic acids is 1. The molecule has 3 fully saturated rings. The molecule has 0 unspecified atom stereocenters. The fraction of sp³-hybridized carbons (Fsp3) is 0.500. The van der Waals surface area contributed by atoms with E-state index in [1.54, 1.807) is 0 Å². The number of urea groups is 1. The van der Waals surface area contributed by atoms with E-state index >= 15 is 0 Å². The smallest absolute Gasteiger partial charge is 0.317 e. The zero-order valence-electron chi connectivity index (χ0n) is 19.8. The molecule has 1 heterocycles. The lowest BCUT2D eigenvalue weighted by Gasteiger charge is -2.51. The Morgan fingerprint density at radius 2 is 1.67 bits per heavy atom. The molecule has 0 bridgehead atoms. The number of hydrogen-bond acceptors (Lipinski definition) is 3. The highest BCUT2D eigenvalue weighted by molar-refractivity contribution is 5.95. The van der Waals surface area contributed by atoms with E-state index in [0.717, 1.165) is 44.5 Å². The second kappa shape index (κ2) is 8.50. The minimum absolute atomic E-state index is 0.0135. The van der Waals surface area contributed by atoms with E-state index in [1.165, 1.54) is 24.8 Å². The average Bonchev–Trinajstić information content (AvgIpc) is 3.08. The molecule has 0 N–H and O–H groups in total. The molecule has 1 saturated heterocycles. The molecule has 2 amide bonds. The molecule has 2 saturated carbocycles. The van der Waals surface area contributed by atoms with Crippen molar-refractivity contribution in [2.24, 2.45) is 5.92 Å². The predicted molar refractivity (Wildman–Crippen MR) is 131 cm³/mol. The van der Waals surface area contributed by atoms with Gasteiger partial charge in [0.1, 0.15) is 0 Å². The molecule has 5 heteroatoms. The topological polar surface area (TPSA) is 50.6 Å². The van der Waals surface area contributed by atoms with Crippen molar-refractivity contribution in [3.8, 4) is 6.07 Å². The summed E-state index contributed by atoms with van der Waals surface area (Å²) < 4.78 is 0. The maximum Gasteiger partial charge on any atom is 0.325 e. The van der Waals surface area contributed by atoms with Gasteiger partial charge < -0.3 is 4.90 Å². The van der Waals surface area contributed by atoms with Gasteiger partial charge in [0.05, 0.1) is 23.7 Å². The third kappa shape index (κ3) is 3.71. The van der Waals surface area contributed by atoms with Crippen LogP contribution in [0.2, 0.25) is 0 Å². The van der Waals surface area contributed by atoms with Gasteiger partial charge in [-0.25, -0.2) is 4.79 Å². The van der Waals surface area contributed by atoms with Crippen LogP contribution < -0.4 is 4.90 Å². The molecule has 2 aromatic rings. The second-order valence-corrected chi connectivity index (χ2v) is 10.5. The van der Waals surface area contributed by atoms with E-state index < -0.39 is 0 Å². The molecule has 3 aliphatic rings. The third-order valence-electron chi connectivity index (χ3n) is 8.64.